The molecular weight excluding hydrogens is 436 g/mol. The first-order chi connectivity index (χ1) is 16.5. The van der Waals surface area contributed by atoms with E-state index >= 15 is 0 Å². The van der Waals surface area contributed by atoms with Crippen LogP contribution >= 0.6 is 0 Å². The Morgan fingerprint density at radius 2 is 1.88 bits per heavy atom. The average Bonchev–Trinajstić information content (AvgIpc) is 3.37. The predicted molar refractivity (Wildman–Crippen MR) is 132 cm³/mol. The van der Waals surface area contributed by atoms with Crippen LogP contribution in [0.25, 0.3) is 6.08 Å². The lowest BCUT2D eigenvalue weighted by molar-refractivity contribution is -0.384. The Kier molecular flexibility index (Phi) is 9.16. The zero-order valence-electron chi connectivity index (χ0n) is 19.3. The minimum Gasteiger partial charge on any atom is -0.382 e. The third kappa shape index (κ3) is 7.14. The minimum absolute atomic E-state index is 0.0108. The van der Waals surface area contributed by atoms with E-state index in [2.05, 4.69) is 15.5 Å². The highest BCUT2D eigenvalue weighted by Gasteiger charge is 2.20. The lowest BCUT2D eigenvalue weighted by Gasteiger charge is -2.22. The molecule has 0 atom stereocenters. The van der Waals surface area contributed by atoms with E-state index in [9.17, 15) is 19.7 Å². The van der Waals surface area contributed by atoms with Crippen LogP contribution in [0.5, 0.6) is 0 Å². The van der Waals surface area contributed by atoms with Gasteiger partial charge in [-0.3, -0.25) is 19.7 Å². The van der Waals surface area contributed by atoms with Crippen LogP contribution in [0.2, 0.25) is 0 Å². The summed E-state index contributed by atoms with van der Waals surface area (Å²) in [4.78, 5) is 37.8. The molecule has 0 radical (unpaired) electrons. The molecule has 9 nitrogen and oxygen atoms in total. The molecule has 1 aliphatic rings. The van der Waals surface area contributed by atoms with Gasteiger partial charge in [0.15, 0.2) is 0 Å². The number of nitro groups is 1. The first kappa shape index (κ1) is 24.9. The molecule has 0 aromatic heterocycles. The van der Waals surface area contributed by atoms with E-state index in [1.165, 1.54) is 18.2 Å². The Balaban J connectivity index is 1.68. The van der Waals surface area contributed by atoms with Gasteiger partial charge in [0, 0.05) is 62.4 Å². The Morgan fingerprint density at radius 1 is 1.15 bits per heavy atom. The van der Waals surface area contributed by atoms with Crippen molar-refractivity contribution in [1.29, 1.82) is 0 Å². The Bertz CT molecular complexity index is 1030. The first-order valence-corrected chi connectivity index (χ1v) is 11.5. The average molecular weight is 467 g/mol. The van der Waals surface area contributed by atoms with Crippen LogP contribution in [0, 0.1) is 10.1 Å². The number of non-ortho nitro benzene ring substituents is 1. The van der Waals surface area contributed by atoms with Crippen LogP contribution in [-0.2, 0) is 9.53 Å². The fourth-order valence-corrected chi connectivity index (χ4v) is 3.71. The van der Waals surface area contributed by atoms with Crippen molar-refractivity contribution in [2.24, 2.45) is 0 Å². The summed E-state index contributed by atoms with van der Waals surface area (Å²) in [6.07, 6.45) is 5.82. The van der Waals surface area contributed by atoms with E-state index in [1.54, 1.807) is 30.3 Å². The smallest absolute Gasteiger partial charge is 0.269 e. The number of hydrogen-bond acceptors (Lipinski definition) is 6. The summed E-state index contributed by atoms with van der Waals surface area (Å²) in [6, 6.07) is 11.3. The number of nitro benzene ring substituents is 1. The second-order valence-electron chi connectivity index (χ2n) is 7.90. The van der Waals surface area contributed by atoms with Crippen LogP contribution in [-0.4, -0.2) is 49.6 Å². The third-order valence-electron chi connectivity index (χ3n) is 5.44. The standard InChI is InChI=1S/C25H30N4O5/c1-2-34-17-5-14-26-25(31)22-18-20(9-12-23(22)28-15-3-4-16-28)27-24(30)13-8-19-6-10-21(11-7-19)29(32)33/h6-13,18H,2-5,14-17H2,1H3,(H,26,31)(H,27,30)/b13-8+. The summed E-state index contributed by atoms with van der Waals surface area (Å²) in [5.74, 6) is -0.550. The zero-order valence-corrected chi connectivity index (χ0v) is 19.3. The predicted octanol–water partition coefficient (Wildman–Crippen LogP) is 4.00. The topological polar surface area (TPSA) is 114 Å². The van der Waals surface area contributed by atoms with Gasteiger partial charge >= 0.3 is 0 Å². The highest BCUT2D eigenvalue weighted by molar-refractivity contribution is 6.05. The molecular formula is C25H30N4O5. The van der Waals surface area contributed by atoms with Crippen molar-refractivity contribution < 1.29 is 19.2 Å². The number of nitrogens with zero attached hydrogens (tertiary/aromatic N) is 2. The van der Waals surface area contributed by atoms with E-state index in [1.807, 2.05) is 13.0 Å². The second kappa shape index (κ2) is 12.5. The molecule has 2 aromatic rings. The maximum absolute atomic E-state index is 12.9. The molecule has 34 heavy (non-hydrogen) atoms. The van der Waals surface area contributed by atoms with Gasteiger partial charge in [0.1, 0.15) is 0 Å². The van der Waals surface area contributed by atoms with Gasteiger partial charge in [0.25, 0.3) is 11.6 Å². The molecule has 180 valence electrons. The molecule has 9 heteroatoms. The fourth-order valence-electron chi connectivity index (χ4n) is 3.71. The van der Waals surface area contributed by atoms with Gasteiger partial charge in [0.05, 0.1) is 10.5 Å². The number of benzene rings is 2. The number of amides is 2. The SMILES string of the molecule is CCOCCCNC(=O)c1cc(NC(=O)/C=C/c2ccc([N+](=O)[O-])cc2)ccc1N1CCCC1. The molecule has 1 fully saturated rings. The largest absolute Gasteiger partial charge is 0.382 e. The molecule has 0 saturated carbocycles. The molecule has 3 rings (SSSR count). The lowest BCUT2D eigenvalue weighted by Crippen LogP contribution is -2.29. The van der Waals surface area contributed by atoms with Crippen LogP contribution in [0.4, 0.5) is 17.1 Å². The van der Waals surface area contributed by atoms with Gasteiger partial charge in [-0.05, 0) is 68.2 Å². The molecule has 1 heterocycles. The van der Waals surface area contributed by atoms with Crippen LogP contribution < -0.4 is 15.5 Å². The van der Waals surface area contributed by atoms with Crippen molar-refractivity contribution in [2.45, 2.75) is 26.2 Å². The lowest BCUT2D eigenvalue weighted by atomic mass is 10.1. The zero-order chi connectivity index (χ0) is 24.3. The van der Waals surface area contributed by atoms with Gasteiger partial charge in [-0.15, -0.1) is 0 Å². The molecule has 2 amide bonds. The summed E-state index contributed by atoms with van der Waals surface area (Å²) in [6.45, 7) is 5.47. The summed E-state index contributed by atoms with van der Waals surface area (Å²) in [5, 5.41) is 16.5. The fraction of sp³-hybridized carbons (Fsp3) is 0.360. The molecule has 0 bridgehead atoms. The molecule has 1 saturated heterocycles. The van der Waals surface area contributed by atoms with E-state index < -0.39 is 4.92 Å². The van der Waals surface area contributed by atoms with Gasteiger partial charge in [-0.2, -0.15) is 0 Å². The Labute approximate surface area is 198 Å². The molecule has 2 aromatic carbocycles. The van der Waals surface area contributed by atoms with Crippen molar-refractivity contribution >= 4 is 35.0 Å². The number of ether oxygens (including phenoxy) is 1. The third-order valence-corrected chi connectivity index (χ3v) is 5.44. The number of carbonyl (C=O) groups excluding carboxylic acids is 2. The molecule has 0 aliphatic carbocycles. The van der Waals surface area contributed by atoms with Crippen LogP contribution in [0.1, 0.15) is 42.1 Å². The number of nitrogens with one attached hydrogen (secondary N) is 2. The highest BCUT2D eigenvalue weighted by Crippen LogP contribution is 2.27. The van der Waals surface area contributed by atoms with Gasteiger partial charge in [-0.1, -0.05) is 0 Å². The Morgan fingerprint density at radius 3 is 2.56 bits per heavy atom. The second-order valence-corrected chi connectivity index (χ2v) is 7.90. The molecule has 0 unspecified atom stereocenters. The van der Waals surface area contributed by atoms with E-state index in [0.717, 1.165) is 38.0 Å². The number of rotatable bonds is 11. The van der Waals surface area contributed by atoms with Crippen molar-refractivity contribution in [3.05, 3.63) is 69.8 Å². The molecule has 0 spiro atoms. The van der Waals surface area contributed by atoms with Crippen LogP contribution in [0.3, 0.4) is 0 Å². The van der Waals surface area contributed by atoms with E-state index in [-0.39, 0.29) is 17.5 Å². The number of hydrogen-bond donors (Lipinski definition) is 2. The first-order valence-electron chi connectivity index (χ1n) is 11.5. The van der Waals surface area contributed by atoms with Crippen LogP contribution in [0.15, 0.2) is 48.5 Å². The maximum atomic E-state index is 12.9. The quantitative estimate of drug-likeness (QED) is 0.224. The summed E-state index contributed by atoms with van der Waals surface area (Å²) in [7, 11) is 0. The van der Waals surface area contributed by atoms with E-state index in [0.29, 0.717) is 36.6 Å². The van der Waals surface area contributed by atoms with Gasteiger partial charge in [-0.25, -0.2) is 0 Å². The van der Waals surface area contributed by atoms with E-state index in [4.69, 9.17) is 4.74 Å². The van der Waals surface area contributed by atoms with Crippen molar-refractivity contribution in [3.63, 3.8) is 0 Å². The number of anilines is 2. The minimum atomic E-state index is -0.473. The monoisotopic (exact) mass is 466 g/mol. The molecule has 2 N–H and O–H groups in total. The van der Waals surface area contributed by atoms with Gasteiger partial charge in [0.2, 0.25) is 5.91 Å². The normalized spacial score (nSPS) is 13.3. The summed E-state index contributed by atoms with van der Waals surface area (Å²) >= 11 is 0. The Hall–Kier alpha value is -3.72. The molecule has 1 aliphatic heterocycles. The van der Waals surface area contributed by atoms with Crippen molar-refractivity contribution in [3.8, 4) is 0 Å². The maximum Gasteiger partial charge on any atom is 0.269 e. The highest BCUT2D eigenvalue weighted by atomic mass is 16.6. The van der Waals surface area contributed by atoms with Crippen molar-refractivity contribution in [2.75, 3.05) is 43.1 Å². The van der Waals surface area contributed by atoms with Gasteiger partial charge < -0.3 is 20.3 Å². The summed E-state index contributed by atoms with van der Waals surface area (Å²) < 4.78 is 5.32. The number of carbonyl (C=O) groups is 2. The van der Waals surface area contributed by atoms with Crippen molar-refractivity contribution in [1.82, 2.24) is 5.32 Å². The summed E-state index contributed by atoms with van der Waals surface area (Å²) in [5.41, 5.74) is 2.55.